The molecule has 2 rings (SSSR count). The van der Waals surface area contributed by atoms with Gasteiger partial charge in [0.2, 0.25) is 0 Å². The van der Waals surface area contributed by atoms with Gasteiger partial charge in [0.25, 0.3) is 5.91 Å². The van der Waals surface area contributed by atoms with Crippen LogP contribution in [0.25, 0.3) is 0 Å². The zero-order valence-electron chi connectivity index (χ0n) is 10.9. The van der Waals surface area contributed by atoms with Crippen LogP contribution >= 0.6 is 0 Å². The maximum absolute atomic E-state index is 12.3. The number of carbonyl (C=O) groups is 1. The molecule has 1 amide bonds. The average Bonchev–Trinajstić information content (AvgIpc) is 2.69. The topological polar surface area (TPSA) is 113 Å². The Bertz CT molecular complexity index is 482. The van der Waals surface area contributed by atoms with Crippen LogP contribution in [-0.4, -0.2) is 56.3 Å². The molecule has 0 aromatic carbocycles. The molecule has 1 aliphatic rings. The minimum atomic E-state index is -0.920. The molecule has 2 atom stereocenters. The van der Waals surface area contributed by atoms with Crippen molar-refractivity contribution in [2.75, 3.05) is 18.8 Å². The molecule has 2 unspecified atom stereocenters. The summed E-state index contributed by atoms with van der Waals surface area (Å²) in [6, 6.07) is 0. The smallest absolute Gasteiger partial charge is 0.274 e. The Morgan fingerprint density at radius 2 is 2.00 bits per heavy atom. The van der Waals surface area contributed by atoms with Crippen molar-refractivity contribution in [1.82, 2.24) is 14.9 Å². The Labute approximate surface area is 111 Å². The molecule has 1 saturated heterocycles. The molecular formula is C12H18N4O3. The predicted octanol–water partition coefficient (Wildman–Crippen LogP) is -0.640. The highest BCUT2D eigenvalue weighted by Gasteiger charge is 2.34. The normalized spacial score (nSPS) is 23.1. The molecule has 1 aromatic heterocycles. The van der Waals surface area contributed by atoms with Crippen molar-refractivity contribution in [3.05, 3.63) is 17.7 Å². The average molecular weight is 266 g/mol. The van der Waals surface area contributed by atoms with E-state index >= 15 is 0 Å². The summed E-state index contributed by atoms with van der Waals surface area (Å²) < 4.78 is 0. The van der Waals surface area contributed by atoms with Crippen LogP contribution in [0.2, 0.25) is 0 Å². The van der Waals surface area contributed by atoms with Gasteiger partial charge in [-0.2, -0.15) is 0 Å². The van der Waals surface area contributed by atoms with Gasteiger partial charge in [-0.05, 0) is 0 Å². The second-order valence-corrected chi connectivity index (χ2v) is 5.03. The second-order valence-electron chi connectivity index (χ2n) is 5.03. The van der Waals surface area contributed by atoms with E-state index in [9.17, 15) is 15.0 Å². The van der Waals surface area contributed by atoms with E-state index in [1.165, 1.54) is 11.1 Å². The number of nitrogen functional groups attached to an aromatic ring is 1. The van der Waals surface area contributed by atoms with Gasteiger partial charge in [-0.3, -0.25) is 4.79 Å². The van der Waals surface area contributed by atoms with Gasteiger partial charge in [-0.25, -0.2) is 9.97 Å². The number of carbonyl (C=O) groups excluding carboxylic acids is 1. The molecule has 0 spiro atoms. The molecule has 0 saturated carbocycles. The number of β-amino-alcohol motifs (C(OH)–C–C–N with tert-alkyl or cyclic N) is 2. The third kappa shape index (κ3) is 2.66. The molecule has 0 bridgehead atoms. The number of hydrogen-bond acceptors (Lipinski definition) is 6. The highest BCUT2D eigenvalue weighted by atomic mass is 16.3. The van der Waals surface area contributed by atoms with Gasteiger partial charge >= 0.3 is 0 Å². The number of anilines is 1. The lowest BCUT2D eigenvalue weighted by molar-refractivity contribution is 0.0572. The van der Waals surface area contributed by atoms with Gasteiger partial charge in [0.15, 0.2) is 5.69 Å². The van der Waals surface area contributed by atoms with Gasteiger partial charge in [-0.15, -0.1) is 0 Å². The van der Waals surface area contributed by atoms with Gasteiger partial charge in [0.05, 0.1) is 24.1 Å². The fourth-order valence-electron chi connectivity index (χ4n) is 1.94. The van der Waals surface area contributed by atoms with Crippen molar-refractivity contribution < 1.29 is 15.0 Å². The Morgan fingerprint density at radius 3 is 2.53 bits per heavy atom. The Morgan fingerprint density at radius 1 is 1.42 bits per heavy atom. The molecule has 0 radical (unpaired) electrons. The molecule has 4 N–H and O–H groups in total. The van der Waals surface area contributed by atoms with Gasteiger partial charge < -0.3 is 20.8 Å². The van der Waals surface area contributed by atoms with E-state index < -0.39 is 18.1 Å². The van der Waals surface area contributed by atoms with Gasteiger partial charge in [-0.1, -0.05) is 13.8 Å². The molecule has 7 nitrogen and oxygen atoms in total. The van der Waals surface area contributed by atoms with Crippen LogP contribution in [0.4, 0.5) is 5.69 Å². The molecule has 2 heterocycles. The third-order valence-electron chi connectivity index (χ3n) is 3.10. The largest absolute Gasteiger partial charge is 0.396 e. The summed E-state index contributed by atoms with van der Waals surface area (Å²) in [6.07, 6.45) is -0.424. The molecule has 1 fully saturated rings. The van der Waals surface area contributed by atoms with E-state index in [-0.39, 0.29) is 30.4 Å². The standard InChI is InChI=1S/C12H18N4O3/c1-6(2)11-14-3-7(13)10(15-11)12(19)16-4-8(17)9(18)5-16/h3,6,8-9,17-18H,4-5,13H2,1-2H3. The lowest BCUT2D eigenvalue weighted by atomic mass is 10.2. The lowest BCUT2D eigenvalue weighted by Gasteiger charge is -2.16. The number of rotatable bonds is 2. The number of hydrogen-bond donors (Lipinski definition) is 3. The first-order valence-electron chi connectivity index (χ1n) is 6.18. The molecule has 7 heteroatoms. The van der Waals surface area contributed by atoms with E-state index in [1.54, 1.807) is 0 Å². The van der Waals surface area contributed by atoms with E-state index in [1.807, 2.05) is 13.8 Å². The van der Waals surface area contributed by atoms with Gasteiger partial charge in [0.1, 0.15) is 5.82 Å². The van der Waals surface area contributed by atoms with E-state index in [2.05, 4.69) is 9.97 Å². The Balaban J connectivity index is 2.26. The van der Waals surface area contributed by atoms with Crippen LogP contribution < -0.4 is 5.73 Å². The van der Waals surface area contributed by atoms with Crippen molar-refractivity contribution in [3.63, 3.8) is 0 Å². The summed E-state index contributed by atoms with van der Waals surface area (Å²) in [5, 5.41) is 18.9. The van der Waals surface area contributed by atoms with Crippen LogP contribution in [0.3, 0.4) is 0 Å². The summed E-state index contributed by atoms with van der Waals surface area (Å²) >= 11 is 0. The zero-order valence-corrected chi connectivity index (χ0v) is 10.9. The fourth-order valence-corrected chi connectivity index (χ4v) is 1.94. The first kappa shape index (κ1) is 13.7. The number of nitrogens with zero attached hydrogens (tertiary/aromatic N) is 3. The third-order valence-corrected chi connectivity index (χ3v) is 3.10. The number of aromatic nitrogens is 2. The van der Waals surface area contributed by atoms with Crippen LogP contribution in [0, 0.1) is 0 Å². The quantitative estimate of drug-likeness (QED) is 0.656. The summed E-state index contributed by atoms with van der Waals surface area (Å²) in [5.41, 5.74) is 6.05. The minimum absolute atomic E-state index is 0.0838. The second kappa shape index (κ2) is 5.10. The molecule has 1 aliphatic heterocycles. The molecular weight excluding hydrogens is 248 g/mol. The highest BCUT2D eigenvalue weighted by Crippen LogP contribution is 2.18. The minimum Gasteiger partial charge on any atom is -0.396 e. The maximum atomic E-state index is 12.3. The summed E-state index contributed by atoms with van der Waals surface area (Å²) in [4.78, 5) is 21.9. The zero-order chi connectivity index (χ0) is 14.2. The van der Waals surface area contributed by atoms with E-state index in [0.29, 0.717) is 5.82 Å². The Kier molecular flexibility index (Phi) is 3.68. The van der Waals surface area contributed by atoms with Crippen LogP contribution in [0.5, 0.6) is 0 Å². The van der Waals surface area contributed by atoms with E-state index in [4.69, 9.17) is 5.73 Å². The van der Waals surface area contributed by atoms with Crippen LogP contribution in [0.1, 0.15) is 36.1 Å². The SMILES string of the molecule is CC(C)c1ncc(N)c(C(=O)N2CC(O)C(O)C2)n1. The van der Waals surface area contributed by atoms with E-state index in [0.717, 1.165) is 0 Å². The van der Waals surface area contributed by atoms with Crippen molar-refractivity contribution in [3.8, 4) is 0 Å². The number of aliphatic hydroxyl groups is 2. The summed E-state index contributed by atoms with van der Waals surface area (Å²) in [5.74, 6) is 0.233. The first-order valence-corrected chi connectivity index (χ1v) is 6.18. The molecule has 1 aromatic rings. The van der Waals surface area contributed by atoms with Crippen LogP contribution in [0.15, 0.2) is 6.20 Å². The van der Waals surface area contributed by atoms with Crippen molar-refractivity contribution in [1.29, 1.82) is 0 Å². The maximum Gasteiger partial charge on any atom is 0.274 e. The monoisotopic (exact) mass is 266 g/mol. The summed E-state index contributed by atoms with van der Waals surface area (Å²) in [6.45, 7) is 4.01. The first-order chi connectivity index (χ1) is 8.90. The fraction of sp³-hybridized carbons (Fsp3) is 0.583. The molecule has 0 aliphatic carbocycles. The highest BCUT2D eigenvalue weighted by molar-refractivity contribution is 5.97. The lowest BCUT2D eigenvalue weighted by Crippen LogP contribution is -2.31. The Hall–Kier alpha value is -1.73. The van der Waals surface area contributed by atoms with Crippen LogP contribution in [-0.2, 0) is 0 Å². The van der Waals surface area contributed by atoms with Crippen molar-refractivity contribution in [2.45, 2.75) is 32.0 Å². The number of aliphatic hydroxyl groups excluding tert-OH is 2. The van der Waals surface area contributed by atoms with Crippen molar-refractivity contribution >= 4 is 11.6 Å². The van der Waals surface area contributed by atoms with Gasteiger partial charge in [0, 0.05) is 19.0 Å². The predicted molar refractivity (Wildman–Crippen MR) is 68.5 cm³/mol. The molecule has 19 heavy (non-hydrogen) atoms. The number of nitrogens with two attached hydrogens (primary N) is 1. The number of amides is 1. The number of likely N-dealkylation sites (tertiary alicyclic amines) is 1. The summed E-state index contributed by atoms with van der Waals surface area (Å²) in [7, 11) is 0. The molecule has 104 valence electrons. The van der Waals surface area contributed by atoms with Crippen molar-refractivity contribution in [2.24, 2.45) is 0 Å².